The summed E-state index contributed by atoms with van der Waals surface area (Å²) in [5, 5.41) is 7.35. The summed E-state index contributed by atoms with van der Waals surface area (Å²) in [6.07, 6.45) is 0. The molecule has 1 atom stereocenters. The van der Waals surface area contributed by atoms with E-state index in [0.29, 0.717) is 0 Å². The monoisotopic (exact) mass is 683 g/mol. The predicted molar refractivity (Wildman–Crippen MR) is 220 cm³/mol. The molecule has 0 N–H and O–H groups in total. The average Bonchev–Trinajstić information content (AvgIpc) is 3.76. The molecule has 3 heteroatoms. The van der Waals surface area contributed by atoms with Gasteiger partial charge in [-0.25, -0.2) is 0 Å². The molecule has 0 spiro atoms. The molecule has 2 aliphatic rings. The molecule has 11 rings (SSSR count). The van der Waals surface area contributed by atoms with Gasteiger partial charge in [-0.3, -0.25) is 0 Å². The van der Waals surface area contributed by atoms with Crippen LogP contribution in [0.3, 0.4) is 0 Å². The molecule has 1 aromatic heterocycles. The topological polar surface area (TPSA) is 22.0 Å². The molecule has 8 aromatic carbocycles. The normalized spacial score (nSPS) is 16.6. The van der Waals surface area contributed by atoms with Crippen LogP contribution in [0.1, 0.15) is 25.0 Å². The zero-order chi connectivity index (χ0) is 34.8. The van der Waals surface area contributed by atoms with Gasteiger partial charge in [0.15, 0.2) is 7.14 Å². The van der Waals surface area contributed by atoms with Crippen molar-refractivity contribution in [1.29, 1.82) is 0 Å². The first-order valence-electron chi connectivity index (χ1n) is 18.1. The van der Waals surface area contributed by atoms with E-state index in [2.05, 4.69) is 152 Å². The van der Waals surface area contributed by atoms with Crippen LogP contribution in [-0.4, -0.2) is 4.57 Å². The van der Waals surface area contributed by atoms with Gasteiger partial charge in [0.25, 0.3) is 0 Å². The van der Waals surface area contributed by atoms with E-state index in [9.17, 15) is 0 Å². The second-order valence-corrected chi connectivity index (χ2v) is 17.4. The Hall–Kier alpha value is -5.95. The molecule has 0 saturated carbocycles. The maximum Gasteiger partial charge on any atom is 0.174 e. The van der Waals surface area contributed by atoms with E-state index in [-0.39, 0.29) is 5.41 Å². The van der Waals surface area contributed by atoms with E-state index >= 15 is 4.57 Å². The summed E-state index contributed by atoms with van der Waals surface area (Å²) in [5.41, 5.74) is 13.1. The van der Waals surface area contributed by atoms with Crippen molar-refractivity contribution >= 4 is 55.6 Å². The number of aromatic nitrogens is 1. The number of hydrogen-bond donors (Lipinski definition) is 0. The fourth-order valence-electron chi connectivity index (χ4n) is 9.43. The number of hydrogen-bond acceptors (Lipinski definition) is 1. The van der Waals surface area contributed by atoms with Crippen LogP contribution in [0.2, 0.25) is 0 Å². The van der Waals surface area contributed by atoms with E-state index in [1.807, 2.05) is 36.4 Å². The third-order valence-corrected chi connectivity index (χ3v) is 15.0. The third-order valence-electron chi connectivity index (χ3n) is 11.8. The Balaban J connectivity index is 1.21. The summed E-state index contributed by atoms with van der Waals surface area (Å²) in [5.74, 6) is 0. The Morgan fingerprint density at radius 3 is 1.96 bits per heavy atom. The van der Waals surface area contributed by atoms with E-state index in [1.165, 1.54) is 38.8 Å². The highest BCUT2D eigenvalue weighted by atomic mass is 31.2. The molecule has 52 heavy (non-hydrogen) atoms. The second kappa shape index (κ2) is 10.5. The van der Waals surface area contributed by atoms with Crippen molar-refractivity contribution in [2.24, 2.45) is 0 Å². The van der Waals surface area contributed by atoms with Gasteiger partial charge in [0.05, 0.1) is 22.0 Å². The second-order valence-electron chi connectivity index (χ2n) is 14.8. The van der Waals surface area contributed by atoms with Crippen LogP contribution in [0, 0.1) is 0 Å². The van der Waals surface area contributed by atoms with Crippen LogP contribution in [0.4, 0.5) is 0 Å². The van der Waals surface area contributed by atoms with Gasteiger partial charge < -0.3 is 9.13 Å². The van der Waals surface area contributed by atoms with Gasteiger partial charge in [-0.05, 0) is 68.1 Å². The van der Waals surface area contributed by atoms with Crippen molar-refractivity contribution in [3.63, 3.8) is 0 Å². The summed E-state index contributed by atoms with van der Waals surface area (Å²) in [4.78, 5) is 0. The largest absolute Gasteiger partial charge is 0.309 e. The minimum Gasteiger partial charge on any atom is -0.309 e. The van der Waals surface area contributed by atoms with Gasteiger partial charge in [-0.1, -0.05) is 166 Å². The standard InChI is InChI=1S/C49H34NOP/c1-49(2)42-21-11-8-17-35(42)36-25-24-31(30-43(36)49)33-28-29-45(37-18-7-6-16-34(33)37)50-44-22-12-9-19-38(44)40-26-27-41-39-20-10-13-23-46(39)52(51,48(41)47(40)50)32-14-4-3-5-15-32/h3-30H,1-2H3. The lowest BCUT2D eigenvalue weighted by Crippen LogP contribution is -2.22. The van der Waals surface area contributed by atoms with E-state index < -0.39 is 7.14 Å². The van der Waals surface area contributed by atoms with E-state index in [1.54, 1.807) is 0 Å². The molecule has 0 radical (unpaired) electrons. The molecule has 1 unspecified atom stereocenters. The fraction of sp³-hybridized carbons (Fsp3) is 0.0612. The number of nitrogens with zero attached hydrogens (tertiary/aromatic N) is 1. The first-order chi connectivity index (χ1) is 25.5. The Morgan fingerprint density at radius 1 is 0.481 bits per heavy atom. The molecule has 1 aliphatic heterocycles. The predicted octanol–water partition coefficient (Wildman–Crippen LogP) is 11.5. The molecule has 0 bridgehead atoms. The average molecular weight is 684 g/mol. The molecule has 0 amide bonds. The highest BCUT2D eigenvalue weighted by Gasteiger charge is 2.43. The van der Waals surface area contributed by atoms with Crippen LogP contribution in [0.5, 0.6) is 0 Å². The molecule has 1 aliphatic carbocycles. The first kappa shape index (κ1) is 29.7. The number of para-hydroxylation sites is 1. The lowest BCUT2D eigenvalue weighted by Gasteiger charge is -2.22. The van der Waals surface area contributed by atoms with Crippen molar-refractivity contribution in [3.8, 4) is 39.1 Å². The van der Waals surface area contributed by atoms with Crippen molar-refractivity contribution in [2.75, 3.05) is 0 Å². The SMILES string of the molecule is CC1(C)c2ccccc2-c2ccc(-c3ccc(-n4c5ccccc5c5ccc6c(c54)P(=O)(c4ccccc4)c4ccccc4-6)c4ccccc34)cc21. The molecule has 0 fully saturated rings. The molecular weight excluding hydrogens is 650 g/mol. The Bertz CT molecular complexity index is 3020. The molecule has 2 nitrogen and oxygen atoms in total. The van der Waals surface area contributed by atoms with Gasteiger partial charge in [0, 0.05) is 32.2 Å². The molecule has 2 heterocycles. The smallest absolute Gasteiger partial charge is 0.174 e. The quantitative estimate of drug-likeness (QED) is 0.170. The lowest BCUT2D eigenvalue weighted by molar-refractivity contribution is 0.593. The minimum atomic E-state index is -3.23. The molecular formula is C49H34NOP. The summed E-state index contributed by atoms with van der Waals surface area (Å²) >= 11 is 0. The number of fused-ring (bicyclic) bond motifs is 11. The summed E-state index contributed by atoms with van der Waals surface area (Å²) in [6, 6.07) is 60.7. The summed E-state index contributed by atoms with van der Waals surface area (Å²) < 4.78 is 18.5. The Labute approximate surface area is 303 Å². The van der Waals surface area contributed by atoms with Gasteiger partial charge in [-0.2, -0.15) is 0 Å². The maximum absolute atomic E-state index is 16.1. The number of rotatable bonds is 3. The lowest BCUT2D eigenvalue weighted by atomic mass is 9.81. The number of benzene rings is 8. The highest BCUT2D eigenvalue weighted by molar-refractivity contribution is 7.86. The fourth-order valence-corrected chi connectivity index (χ4v) is 12.7. The minimum absolute atomic E-state index is 0.0781. The van der Waals surface area contributed by atoms with Gasteiger partial charge >= 0.3 is 0 Å². The Kier molecular flexibility index (Phi) is 6.03. The van der Waals surface area contributed by atoms with E-state index in [0.717, 1.165) is 59.9 Å². The van der Waals surface area contributed by atoms with Crippen LogP contribution >= 0.6 is 7.14 Å². The highest BCUT2D eigenvalue weighted by Crippen LogP contribution is 2.55. The summed E-state index contributed by atoms with van der Waals surface area (Å²) in [6.45, 7) is 4.69. The first-order valence-corrected chi connectivity index (χ1v) is 19.8. The van der Waals surface area contributed by atoms with Crippen molar-refractivity contribution in [1.82, 2.24) is 4.57 Å². The van der Waals surface area contributed by atoms with Crippen molar-refractivity contribution in [3.05, 3.63) is 181 Å². The van der Waals surface area contributed by atoms with E-state index in [4.69, 9.17) is 0 Å². The van der Waals surface area contributed by atoms with Gasteiger partial charge in [0.2, 0.25) is 0 Å². The molecule has 0 saturated heterocycles. The van der Waals surface area contributed by atoms with Crippen molar-refractivity contribution < 1.29 is 4.57 Å². The third kappa shape index (κ3) is 3.78. The zero-order valence-electron chi connectivity index (χ0n) is 29.0. The molecule has 246 valence electrons. The Morgan fingerprint density at radius 2 is 1.12 bits per heavy atom. The zero-order valence-corrected chi connectivity index (χ0v) is 29.9. The summed E-state index contributed by atoms with van der Waals surface area (Å²) in [7, 11) is -3.23. The maximum atomic E-state index is 16.1. The van der Waals surface area contributed by atoms with Gasteiger partial charge in [0.1, 0.15) is 0 Å². The van der Waals surface area contributed by atoms with Crippen LogP contribution in [0.15, 0.2) is 170 Å². The molecule has 9 aromatic rings. The van der Waals surface area contributed by atoms with Gasteiger partial charge in [-0.15, -0.1) is 0 Å². The van der Waals surface area contributed by atoms with Crippen LogP contribution < -0.4 is 15.9 Å². The van der Waals surface area contributed by atoms with Crippen LogP contribution in [0.25, 0.3) is 71.6 Å². The van der Waals surface area contributed by atoms with Crippen molar-refractivity contribution in [2.45, 2.75) is 19.3 Å². The van der Waals surface area contributed by atoms with Crippen LogP contribution in [-0.2, 0) is 9.98 Å².